The summed E-state index contributed by atoms with van der Waals surface area (Å²) < 4.78 is 22.0. The molecule has 0 spiro atoms. The predicted octanol–water partition coefficient (Wildman–Crippen LogP) is -1.31. The van der Waals surface area contributed by atoms with Crippen molar-refractivity contribution in [2.75, 3.05) is 47.1 Å². The largest absolute Gasteiger partial charge is 0.449 e. The number of nitrogens with one attached hydrogen (secondary N) is 1. The molecule has 11 heteroatoms. The molecule has 4 aliphatic heterocycles. The summed E-state index contributed by atoms with van der Waals surface area (Å²) in [5, 5.41) is 3.04. The van der Waals surface area contributed by atoms with Gasteiger partial charge in [-0.25, -0.2) is 4.79 Å². The van der Waals surface area contributed by atoms with Crippen LogP contribution in [0.4, 0.5) is 4.79 Å². The van der Waals surface area contributed by atoms with Gasteiger partial charge >= 0.3 is 6.09 Å². The Bertz CT molecular complexity index is 924. The van der Waals surface area contributed by atoms with Crippen LogP contribution in [0.3, 0.4) is 0 Å². The standard InChI is InChI=1S/C20H26N4O7/c1-9-14(22-6-12-29-4-5-30-12)17(26)13-10(8-31-19(21)27)20(28-3)18-11(23(18)2)7-24(20)15(13)16(9)25/h10-12,18,22H,4-8H2,1-3H3,(H2,21,27)/t10-,11+,18+,20-,23?/m1/s1. The van der Waals surface area contributed by atoms with E-state index in [9.17, 15) is 14.4 Å². The number of carbonyl (C=O) groups is 3. The number of nitrogens with zero attached hydrogens (tertiary/aromatic N) is 2. The second-order valence-electron chi connectivity index (χ2n) is 8.40. The smallest absolute Gasteiger partial charge is 0.404 e. The minimum atomic E-state index is -0.974. The number of Topliss-reactive ketones (excluding diaryl/α,β-unsaturated/α-hetero) is 2. The van der Waals surface area contributed by atoms with Gasteiger partial charge in [-0.05, 0) is 14.0 Å². The SMILES string of the molecule is CO[C@@]12[C@H](COC(N)=O)C3=C(C(=O)C(C)=C(NCC4OCCO4)C3=O)N1C[C@H]1[C@@H]2N1C. The lowest BCUT2D eigenvalue weighted by Gasteiger charge is -2.40. The van der Waals surface area contributed by atoms with Crippen LogP contribution in [0.2, 0.25) is 0 Å². The molecule has 11 nitrogen and oxygen atoms in total. The maximum Gasteiger partial charge on any atom is 0.404 e. The number of amides is 1. The Morgan fingerprint density at radius 2 is 2.00 bits per heavy atom. The highest BCUT2D eigenvalue weighted by Gasteiger charge is 2.75. The number of primary amides is 1. The molecule has 4 heterocycles. The van der Waals surface area contributed by atoms with E-state index < -0.39 is 24.0 Å². The molecule has 0 aromatic rings. The van der Waals surface area contributed by atoms with Crippen LogP contribution in [0.5, 0.6) is 0 Å². The number of hydrogen-bond donors (Lipinski definition) is 2. The summed E-state index contributed by atoms with van der Waals surface area (Å²) in [6, 6.07) is 0.177. The highest BCUT2D eigenvalue weighted by atomic mass is 16.7. The van der Waals surface area contributed by atoms with E-state index in [-0.39, 0.29) is 42.5 Å². The van der Waals surface area contributed by atoms with E-state index in [1.54, 1.807) is 14.0 Å². The van der Waals surface area contributed by atoms with E-state index in [1.807, 2.05) is 11.9 Å². The normalized spacial score (nSPS) is 36.7. The first-order valence-corrected chi connectivity index (χ1v) is 10.3. The maximum absolute atomic E-state index is 13.6. The molecule has 0 aromatic carbocycles. The second-order valence-corrected chi connectivity index (χ2v) is 8.40. The first-order chi connectivity index (χ1) is 14.8. The molecule has 5 rings (SSSR count). The van der Waals surface area contributed by atoms with Crippen LogP contribution >= 0.6 is 0 Å². The summed E-state index contributed by atoms with van der Waals surface area (Å²) >= 11 is 0. The number of ketones is 2. The zero-order chi connectivity index (χ0) is 22.1. The van der Waals surface area contributed by atoms with Crippen LogP contribution in [0.15, 0.2) is 22.5 Å². The monoisotopic (exact) mass is 434 g/mol. The number of hydrogen-bond acceptors (Lipinski definition) is 10. The summed E-state index contributed by atoms with van der Waals surface area (Å²) in [4.78, 5) is 42.5. The Balaban J connectivity index is 1.51. The van der Waals surface area contributed by atoms with E-state index in [4.69, 9.17) is 24.7 Å². The van der Waals surface area contributed by atoms with Crippen molar-refractivity contribution in [3.8, 4) is 0 Å². The van der Waals surface area contributed by atoms with Crippen molar-refractivity contribution in [1.29, 1.82) is 0 Å². The molecule has 0 radical (unpaired) electrons. The first-order valence-electron chi connectivity index (χ1n) is 10.3. The topological polar surface area (TPSA) is 132 Å². The second kappa shape index (κ2) is 7.02. The third kappa shape index (κ3) is 2.70. The summed E-state index contributed by atoms with van der Waals surface area (Å²) in [6.07, 6.45) is -1.42. The van der Waals surface area contributed by atoms with Gasteiger partial charge < -0.3 is 34.9 Å². The fourth-order valence-electron chi connectivity index (χ4n) is 5.64. The minimum Gasteiger partial charge on any atom is -0.449 e. The number of carbonyl (C=O) groups excluding carboxylic acids is 3. The predicted molar refractivity (Wildman–Crippen MR) is 104 cm³/mol. The van der Waals surface area contributed by atoms with Gasteiger partial charge in [0.05, 0.1) is 43.1 Å². The van der Waals surface area contributed by atoms with Crippen LogP contribution < -0.4 is 11.1 Å². The number of fused-ring (bicyclic) bond motifs is 4. The lowest BCUT2D eigenvalue weighted by atomic mass is 9.82. The zero-order valence-electron chi connectivity index (χ0n) is 17.7. The van der Waals surface area contributed by atoms with Crippen molar-refractivity contribution in [2.45, 2.75) is 31.0 Å². The summed E-state index contributed by atoms with van der Waals surface area (Å²) in [5.41, 5.74) is 5.42. The number of allylic oxidation sites excluding steroid dienone is 2. The molecular formula is C20H26N4O7. The molecule has 3 N–H and O–H groups in total. The highest BCUT2D eigenvalue weighted by Crippen LogP contribution is 2.59. The van der Waals surface area contributed by atoms with Crippen LogP contribution in [-0.4, -0.2) is 98.6 Å². The Labute approximate surface area is 179 Å². The molecule has 168 valence electrons. The molecule has 0 bridgehead atoms. The van der Waals surface area contributed by atoms with Crippen molar-refractivity contribution in [1.82, 2.24) is 15.1 Å². The van der Waals surface area contributed by atoms with Gasteiger partial charge in [0, 0.05) is 30.8 Å². The summed E-state index contributed by atoms with van der Waals surface area (Å²) in [7, 11) is 3.53. The molecule has 0 aromatic heterocycles. The van der Waals surface area contributed by atoms with Crippen molar-refractivity contribution in [3.63, 3.8) is 0 Å². The first kappa shape index (κ1) is 20.4. The van der Waals surface area contributed by atoms with E-state index in [2.05, 4.69) is 10.2 Å². The number of nitrogens with two attached hydrogens (primary N) is 1. The van der Waals surface area contributed by atoms with Gasteiger partial charge in [0.2, 0.25) is 11.6 Å². The number of piperazine rings is 1. The van der Waals surface area contributed by atoms with Crippen LogP contribution in [0, 0.1) is 5.92 Å². The Kier molecular flexibility index (Phi) is 4.63. The number of methoxy groups -OCH3 is 1. The number of rotatable bonds is 6. The summed E-state index contributed by atoms with van der Waals surface area (Å²) in [5.74, 6) is -1.20. The van der Waals surface area contributed by atoms with Gasteiger partial charge in [-0.2, -0.15) is 0 Å². The average Bonchev–Trinajstić information content (AvgIpc) is 3.15. The van der Waals surface area contributed by atoms with E-state index in [1.165, 1.54) is 0 Å². The fraction of sp³-hybridized carbons (Fsp3) is 0.650. The molecule has 3 saturated heterocycles. The van der Waals surface area contributed by atoms with Crippen molar-refractivity contribution < 1.29 is 33.3 Å². The zero-order valence-corrected chi connectivity index (χ0v) is 17.7. The molecule has 31 heavy (non-hydrogen) atoms. The average molecular weight is 434 g/mol. The maximum atomic E-state index is 13.6. The molecule has 1 amide bonds. The van der Waals surface area contributed by atoms with Gasteiger partial charge in [0.25, 0.3) is 0 Å². The third-order valence-corrected chi connectivity index (χ3v) is 7.08. The van der Waals surface area contributed by atoms with Gasteiger partial charge in [-0.3, -0.25) is 14.5 Å². The molecular weight excluding hydrogens is 408 g/mol. The molecule has 1 aliphatic carbocycles. The van der Waals surface area contributed by atoms with Gasteiger partial charge in [-0.15, -0.1) is 0 Å². The van der Waals surface area contributed by atoms with Crippen molar-refractivity contribution in [2.24, 2.45) is 11.7 Å². The molecule has 0 saturated carbocycles. The van der Waals surface area contributed by atoms with E-state index >= 15 is 0 Å². The Morgan fingerprint density at radius 1 is 1.29 bits per heavy atom. The lowest BCUT2D eigenvalue weighted by molar-refractivity contribution is -0.144. The van der Waals surface area contributed by atoms with Gasteiger partial charge in [0.1, 0.15) is 6.61 Å². The quantitative estimate of drug-likeness (QED) is 0.384. The van der Waals surface area contributed by atoms with Crippen LogP contribution in [0.25, 0.3) is 0 Å². The van der Waals surface area contributed by atoms with Crippen molar-refractivity contribution in [3.05, 3.63) is 22.5 Å². The molecule has 3 fully saturated rings. The minimum absolute atomic E-state index is 0.0258. The Morgan fingerprint density at radius 3 is 2.65 bits per heavy atom. The molecule has 5 atom stereocenters. The fourth-order valence-corrected chi connectivity index (χ4v) is 5.64. The highest BCUT2D eigenvalue weighted by molar-refractivity contribution is 6.25. The van der Waals surface area contributed by atoms with Gasteiger partial charge in [0.15, 0.2) is 12.0 Å². The molecule has 5 aliphatic rings. The van der Waals surface area contributed by atoms with Crippen molar-refractivity contribution >= 4 is 17.7 Å². The number of likely N-dealkylation sites (N-methyl/N-ethyl adjacent to an activating group) is 1. The molecule has 1 unspecified atom stereocenters. The van der Waals surface area contributed by atoms with E-state index in [0.29, 0.717) is 36.6 Å². The Hall–Kier alpha value is -2.47. The van der Waals surface area contributed by atoms with E-state index in [0.717, 1.165) is 0 Å². The lowest BCUT2D eigenvalue weighted by Crippen LogP contribution is -2.55. The van der Waals surface area contributed by atoms with Crippen LogP contribution in [-0.2, 0) is 28.5 Å². The summed E-state index contributed by atoms with van der Waals surface area (Å²) in [6.45, 7) is 3.24. The van der Waals surface area contributed by atoms with Crippen LogP contribution in [0.1, 0.15) is 6.92 Å². The third-order valence-electron chi connectivity index (χ3n) is 7.08. The van der Waals surface area contributed by atoms with Gasteiger partial charge in [-0.1, -0.05) is 0 Å². The number of ether oxygens (including phenoxy) is 4.